The molecule has 0 saturated heterocycles. The highest BCUT2D eigenvalue weighted by Crippen LogP contribution is 2.18. The van der Waals surface area contributed by atoms with E-state index in [1.165, 1.54) is 18.2 Å². The molecule has 0 aliphatic rings. The molecule has 0 saturated carbocycles. The van der Waals surface area contributed by atoms with Crippen molar-refractivity contribution in [2.45, 2.75) is 11.8 Å². The Labute approximate surface area is 151 Å². The third kappa shape index (κ3) is 4.15. The second-order valence-corrected chi connectivity index (χ2v) is 7.22. The number of nitriles is 1. The minimum Gasteiger partial charge on any atom is -0.339 e. The molecule has 0 bridgehead atoms. The maximum absolute atomic E-state index is 12.3. The molecule has 0 spiro atoms. The summed E-state index contributed by atoms with van der Waals surface area (Å²) >= 11 is 0. The quantitative estimate of drug-likeness (QED) is 0.719. The molecule has 0 atom stereocenters. The van der Waals surface area contributed by atoms with Crippen LogP contribution in [0.5, 0.6) is 0 Å². The van der Waals surface area contributed by atoms with Crippen LogP contribution in [-0.4, -0.2) is 18.6 Å². The Bertz CT molecular complexity index is 1040. The third-order valence-electron chi connectivity index (χ3n) is 3.52. The van der Waals surface area contributed by atoms with E-state index in [1.54, 1.807) is 42.5 Å². The molecule has 8 heteroatoms. The maximum atomic E-state index is 12.3. The van der Waals surface area contributed by atoms with Crippen molar-refractivity contribution >= 4 is 27.3 Å². The van der Waals surface area contributed by atoms with E-state index in [1.807, 2.05) is 13.0 Å². The number of rotatable bonds is 5. The first-order chi connectivity index (χ1) is 12.5. The Morgan fingerprint density at radius 3 is 2.08 bits per heavy atom. The zero-order chi connectivity index (χ0) is 18.6. The summed E-state index contributed by atoms with van der Waals surface area (Å²) in [7, 11) is -3.71. The first kappa shape index (κ1) is 17.4. The van der Waals surface area contributed by atoms with Crippen molar-refractivity contribution in [2.75, 3.05) is 10.0 Å². The standard InChI is InChI=1S/C18H15N5O2S/c1-13-2-8-16(9-3-13)26(24,25)23-18-11-10-17(21-22-18)20-15-6-4-14(12-19)5-7-15/h2-11H,1H3,(H,20,21)(H,22,23). The summed E-state index contributed by atoms with van der Waals surface area (Å²) in [6.45, 7) is 1.88. The fraction of sp³-hybridized carbons (Fsp3) is 0.0556. The van der Waals surface area contributed by atoms with Crippen LogP contribution in [0.15, 0.2) is 65.6 Å². The summed E-state index contributed by atoms with van der Waals surface area (Å²) < 4.78 is 27.1. The van der Waals surface area contributed by atoms with Gasteiger partial charge in [-0.05, 0) is 55.5 Å². The number of aryl methyl sites for hydroxylation is 1. The predicted octanol–water partition coefficient (Wildman–Crippen LogP) is 3.20. The van der Waals surface area contributed by atoms with Gasteiger partial charge in [0.05, 0.1) is 16.5 Å². The van der Waals surface area contributed by atoms with Crippen LogP contribution in [0.2, 0.25) is 0 Å². The van der Waals surface area contributed by atoms with E-state index in [0.717, 1.165) is 11.3 Å². The van der Waals surface area contributed by atoms with Crippen LogP contribution in [0.25, 0.3) is 0 Å². The molecule has 3 rings (SSSR count). The third-order valence-corrected chi connectivity index (χ3v) is 4.89. The van der Waals surface area contributed by atoms with E-state index in [4.69, 9.17) is 5.26 Å². The van der Waals surface area contributed by atoms with Crippen molar-refractivity contribution in [1.82, 2.24) is 10.2 Å². The minimum atomic E-state index is -3.71. The van der Waals surface area contributed by atoms with Gasteiger partial charge in [-0.15, -0.1) is 10.2 Å². The van der Waals surface area contributed by atoms with Gasteiger partial charge in [0.15, 0.2) is 11.6 Å². The van der Waals surface area contributed by atoms with Crippen LogP contribution >= 0.6 is 0 Å². The fourth-order valence-corrected chi connectivity index (χ4v) is 3.14. The van der Waals surface area contributed by atoms with E-state index in [-0.39, 0.29) is 10.7 Å². The zero-order valence-corrected chi connectivity index (χ0v) is 14.7. The molecule has 3 aromatic rings. The van der Waals surface area contributed by atoms with Gasteiger partial charge >= 0.3 is 0 Å². The number of benzene rings is 2. The van der Waals surface area contributed by atoms with Crippen LogP contribution in [0.1, 0.15) is 11.1 Å². The van der Waals surface area contributed by atoms with Gasteiger partial charge in [-0.3, -0.25) is 4.72 Å². The lowest BCUT2D eigenvalue weighted by Gasteiger charge is -2.08. The zero-order valence-electron chi connectivity index (χ0n) is 13.8. The molecule has 0 aliphatic carbocycles. The van der Waals surface area contributed by atoms with Crippen molar-refractivity contribution in [3.63, 3.8) is 0 Å². The topological polar surface area (TPSA) is 108 Å². The van der Waals surface area contributed by atoms with Crippen molar-refractivity contribution in [2.24, 2.45) is 0 Å². The molecular weight excluding hydrogens is 350 g/mol. The molecule has 0 fully saturated rings. The molecule has 2 N–H and O–H groups in total. The van der Waals surface area contributed by atoms with Crippen LogP contribution in [-0.2, 0) is 10.0 Å². The van der Waals surface area contributed by atoms with Crippen LogP contribution < -0.4 is 10.0 Å². The Balaban J connectivity index is 1.71. The summed E-state index contributed by atoms with van der Waals surface area (Å²) in [5.74, 6) is 0.573. The second kappa shape index (κ2) is 7.21. The molecule has 0 radical (unpaired) electrons. The average Bonchev–Trinajstić information content (AvgIpc) is 2.64. The van der Waals surface area contributed by atoms with E-state index < -0.39 is 10.0 Å². The number of hydrogen-bond donors (Lipinski definition) is 2. The van der Waals surface area contributed by atoms with Crippen molar-refractivity contribution in [3.05, 3.63) is 71.8 Å². The lowest BCUT2D eigenvalue weighted by atomic mass is 10.2. The number of aromatic nitrogens is 2. The van der Waals surface area contributed by atoms with Gasteiger partial charge < -0.3 is 5.32 Å². The molecule has 130 valence electrons. The Morgan fingerprint density at radius 2 is 1.50 bits per heavy atom. The summed E-state index contributed by atoms with van der Waals surface area (Å²) in [5.41, 5.74) is 2.27. The molecule has 0 unspecified atom stereocenters. The minimum absolute atomic E-state index is 0.121. The van der Waals surface area contributed by atoms with Gasteiger partial charge in [0.2, 0.25) is 0 Å². The van der Waals surface area contributed by atoms with Gasteiger partial charge in [-0.1, -0.05) is 17.7 Å². The molecular formula is C18H15N5O2S. The summed E-state index contributed by atoms with van der Waals surface area (Å²) in [5, 5.41) is 19.6. The molecule has 7 nitrogen and oxygen atoms in total. The average molecular weight is 365 g/mol. The number of nitrogens with one attached hydrogen (secondary N) is 2. The molecule has 1 heterocycles. The Hall–Kier alpha value is -3.44. The SMILES string of the molecule is Cc1ccc(S(=O)(=O)Nc2ccc(Nc3ccc(C#N)cc3)nn2)cc1. The van der Waals surface area contributed by atoms with Gasteiger partial charge in [0.1, 0.15) is 0 Å². The number of hydrogen-bond acceptors (Lipinski definition) is 6. The lowest BCUT2D eigenvalue weighted by molar-refractivity contribution is 0.601. The molecule has 0 amide bonds. The highest BCUT2D eigenvalue weighted by molar-refractivity contribution is 7.92. The molecule has 1 aromatic heterocycles. The van der Waals surface area contributed by atoms with E-state index >= 15 is 0 Å². The van der Waals surface area contributed by atoms with E-state index in [2.05, 4.69) is 20.2 Å². The lowest BCUT2D eigenvalue weighted by Crippen LogP contribution is -2.14. The predicted molar refractivity (Wildman–Crippen MR) is 98.5 cm³/mol. The Morgan fingerprint density at radius 1 is 0.885 bits per heavy atom. The Kier molecular flexibility index (Phi) is 4.82. The van der Waals surface area contributed by atoms with Crippen LogP contribution in [0.3, 0.4) is 0 Å². The fourth-order valence-electron chi connectivity index (χ4n) is 2.14. The normalized spacial score (nSPS) is 10.8. The van der Waals surface area contributed by atoms with Crippen molar-refractivity contribution in [1.29, 1.82) is 5.26 Å². The van der Waals surface area contributed by atoms with Gasteiger partial charge in [-0.2, -0.15) is 5.26 Å². The van der Waals surface area contributed by atoms with Gasteiger partial charge in [0, 0.05) is 5.69 Å². The summed E-state index contributed by atoms with van der Waals surface area (Å²) in [4.78, 5) is 0.157. The highest BCUT2D eigenvalue weighted by atomic mass is 32.2. The monoisotopic (exact) mass is 365 g/mol. The first-order valence-electron chi connectivity index (χ1n) is 7.67. The van der Waals surface area contributed by atoms with Gasteiger partial charge in [0.25, 0.3) is 10.0 Å². The number of anilines is 3. The van der Waals surface area contributed by atoms with Crippen molar-refractivity contribution < 1.29 is 8.42 Å². The summed E-state index contributed by atoms with van der Waals surface area (Å²) in [6.07, 6.45) is 0. The first-order valence-corrected chi connectivity index (χ1v) is 9.15. The van der Waals surface area contributed by atoms with Crippen LogP contribution in [0.4, 0.5) is 17.3 Å². The van der Waals surface area contributed by atoms with E-state index in [0.29, 0.717) is 11.4 Å². The second-order valence-electron chi connectivity index (χ2n) is 5.54. The number of sulfonamides is 1. The highest BCUT2D eigenvalue weighted by Gasteiger charge is 2.14. The van der Waals surface area contributed by atoms with Gasteiger partial charge in [-0.25, -0.2) is 8.42 Å². The molecule has 2 aromatic carbocycles. The number of nitrogens with zero attached hydrogens (tertiary/aromatic N) is 3. The smallest absolute Gasteiger partial charge is 0.263 e. The molecule has 26 heavy (non-hydrogen) atoms. The van der Waals surface area contributed by atoms with Crippen molar-refractivity contribution in [3.8, 4) is 6.07 Å². The van der Waals surface area contributed by atoms with E-state index in [9.17, 15) is 8.42 Å². The maximum Gasteiger partial charge on any atom is 0.263 e. The van der Waals surface area contributed by atoms with Crippen LogP contribution in [0, 0.1) is 18.3 Å². The molecule has 0 aliphatic heterocycles. The summed E-state index contributed by atoms with van der Waals surface area (Å²) in [6, 6.07) is 18.5. The largest absolute Gasteiger partial charge is 0.339 e.